The topological polar surface area (TPSA) is 85.0 Å². The quantitative estimate of drug-likeness (QED) is 0.633. The highest BCUT2D eigenvalue weighted by Gasteiger charge is 2.27. The zero-order valence-corrected chi connectivity index (χ0v) is 12.0. The van der Waals surface area contributed by atoms with Gasteiger partial charge in [-0.3, -0.25) is 0 Å². The number of ether oxygens (including phenoxy) is 2. The van der Waals surface area contributed by atoms with Crippen molar-refractivity contribution >= 4 is 17.3 Å². The van der Waals surface area contributed by atoms with Gasteiger partial charge < -0.3 is 25.2 Å². The molecule has 0 saturated carbocycles. The number of carbonyl (C=O) groups is 1. The fourth-order valence-electron chi connectivity index (χ4n) is 2.45. The van der Waals surface area contributed by atoms with Crippen molar-refractivity contribution in [2.24, 2.45) is 0 Å². The van der Waals surface area contributed by atoms with Crippen molar-refractivity contribution in [1.82, 2.24) is 0 Å². The number of hydrogen-bond donors (Lipinski definition) is 2. The fourth-order valence-corrected chi connectivity index (χ4v) is 2.45. The summed E-state index contributed by atoms with van der Waals surface area (Å²) in [6.07, 6.45) is -0.554. The van der Waals surface area contributed by atoms with Gasteiger partial charge in [0.15, 0.2) is 0 Å². The van der Waals surface area contributed by atoms with Crippen LogP contribution in [0.15, 0.2) is 12.1 Å². The Bertz CT molecular complexity index is 538. The number of nitrogen functional groups attached to an aromatic ring is 1. The van der Waals surface area contributed by atoms with E-state index in [0.717, 1.165) is 6.07 Å². The van der Waals surface area contributed by atoms with Crippen molar-refractivity contribution in [3.8, 4) is 0 Å². The molecule has 2 atom stereocenters. The second-order valence-electron chi connectivity index (χ2n) is 5.04. The number of esters is 1. The molecule has 21 heavy (non-hydrogen) atoms. The van der Waals surface area contributed by atoms with E-state index in [1.807, 2.05) is 6.92 Å². The smallest absolute Gasteiger partial charge is 0.340 e. The van der Waals surface area contributed by atoms with E-state index in [1.165, 1.54) is 13.2 Å². The van der Waals surface area contributed by atoms with Gasteiger partial charge in [0.25, 0.3) is 0 Å². The van der Waals surface area contributed by atoms with E-state index in [-0.39, 0.29) is 29.6 Å². The van der Waals surface area contributed by atoms with Crippen molar-refractivity contribution < 1.29 is 23.8 Å². The fraction of sp³-hybridized carbons (Fsp3) is 0.500. The molecule has 0 spiro atoms. The van der Waals surface area contributed by atoms with Crippen LogP contribution in [-0.2, 0) is 9.47 Å². The van der Waals surface area contributed by atoms with Crippen LogP contribution in [0.2, 0.25) is 0 Å². The van der Waals surface area contributed by atoms with Gasteiger partial charge in [0, 0.05) is 18.8 Å². The molecule has 1 aromatic rings. The molecule has 0 aliphatic carbocycles. The molecular formula is C14H19FN2O4. The average Bonchev–Trinajstić information content (AvgIpc) is 2.45. The molecule has 0 aromatic heterocycles. The van der Waals surface area contributed by atoms with Crippen LogP contribution in [0.25, 0.3) is 0 Å². The number of halogens is 1. The molecule has 7 heteroatoms. The predicted molar refractivity (Wildman–Crippen MR) is 75.8 cm³/mol. The molecule has 6 nitrogen and oxygen atoms in total. The number of nitrogens with two attached hydrogens (primary N) is 1. The minimum atomic E-state index is -0.617. The second kappa shape index (κ2) is 6.28. The Morgan fingerprint density at radius 2 is 2.29 bits per heavy atom. The van der Waals surface area contributed by atoms with Gasteiger partial charge in [-0.05, 0) is 19.1 Å². The lowest BCUT2D eigenvalue weighted by Gasteiger charge is -2.37. The summed E-state index contributed by atoms with van der Waals surface area (Å²) >= 11 is 0. The van der Waals surface area contributed by atoms with Gasteiger partial charge in [-0.1, -0.05) is 0 Å². The first-order valence-corrected chi connectivity index (χ1v) is 6.64. The van der Waals surface area contributed by atoms with E-state index < -0.39 is 17.9 Å². The van der Waals surface area contributed by atoms with Crippen LogP contribution in [0.3, 0.4) is 0 Å². The van der Waals surface area contributed by atoms with Crippen LogP contribution in [-0.4, -0.2) is 50.1 Å². The van der Waals surface area contributed by atoms with Crippen molar-refractivity contribution in [3.05, 3.63) is 23.5 Å². The first kappa shape index (κ1) is 15.5. The monoisotopic (exact) mass is 298 g/mol. The summed E-state index contributed by atoms with van der Waals surface area (Å²) in [7, 11) is 1.24. The Morgan fingerprint density at radius 1 is 1.57 bits per heavy atom. The zero-order chi connectivity index (χ0) is 15.6. The number of methoxy groups -OCH3 is 1. The third kappa shape index (κ3) is 3.25. The first-order valence-electron chi connectivity index (χ1n) is 6.64. The molecule has 1 heterocycles. The molecule has 2 unspecified atom stereocenters. The molecule has 3 N–H and O–H groups in total. The lowest BCUT2D eigenvalue weighted by Crippen LogP contribution is -2.48. The third-order valence-corrected chi connectivity index (χ3v) is 3.39. The zero-order valence-electron chi connectivity index (χ0n) is 12.0. The summed E-state index contributed by atoms with van der Waals surface area (Å²) in [6.45, 7) is 2.48. The number of rotatable bonds is 3. The summed E-state index contributed by atoms with van der Waals surface area (Å²) in [5, 5.41) is 9.23. The van der Waals surface area contributed by atoms with E-state index in [4.69, 9.17) is 10.5 Å². The third-order valence-electron chi connectivity index (χ3n) is 3.39. The van der Waals surface area contributed by atoms with Crippen molar-refractivity contribution in [2.45, 2.75) is 19.1 Å². The molecule has 1 saturated heterocycles. The molecular weight excluding hydrogens is 279 g/mol. The van der Waals surface area contributed by atoms with Crippen LogP contribution in [0.1, 0.15) is 17.3 Å². The minimum Gasteiger partial charge on any atom is -0.465 e. The number of aliphatic hydroxyl groups is 1. The van der Waals surface area contributed by atoms with Gasteiger partial charge in [0.1, 0.15) is 5.82 Å². The summed E-state index contributed by atoms with van der Waals surface area (Å²) in [5.74, 6) is -1.14. The maximum Gasteiger partial charge on any atom is 0.340 e. The molecule has 0 bridgehead atoms. The molecule has 1 aromatic carbocycles. The molecule has 116 valence electrons. The van der Waals surface area contributed by atoms with Crippen molar-refractivity contribution in [2.75, 3.05) is 37.4 Å². The van der Waals surface area contributed by atoms with Gasteiger partial charge in [0.2, 0.25) is 0 Å². The van der Waals surface area contributed by atoms with Gasteiger partial charge in [0.05, 0.1) is 37.2 Å². The van der Waals surface area contributed by atoms with Gasteiger partial charge >= 0.3 is 5.97 Å². The normalized spacial score (nSPS) is 22.2. The van der Waals surface area contributed by atoms with Gasteiger partial charge in [-0.2, -0.15) is 0 Å². The van der Waals surface area contributed by atoms with E-state index in [2.05, 4.69) is 4.74 Å². The molecule has 1 fully saturated rings. The summed E-state index contributed by atoms with van der Waals surface area (Å²) in [5.41, 5.74) is 6.05. The number of benzene rings is 1. The summed E-state index contributed by atoms with van der Waals surface area (Å²) in [4.78, 5) is 13.4. The van der Waals surface area contributed by atoms with E-state index in [1.54, 1.807) is 4.90 Å². The Hall–Kier alpha value is -1.86. The molecule has 1 aliphatic rings. The van der Waals surface area contributed by atoms with Crippen LogP contribution in [0.4, 0.5) is 15.8 Å². The molecule has 0 amide bonds. The van der Waals surface area contributed by atoms with Crippen LogP contribution in [0.5, 0.6) is 0 Å². The lowest BCUT2D eigenvalue weighted by atomic mass is 10.1. The summed E-state index contributed by atoms with van der Waals surface area (Å²) in [6, 6.07) is 2.48. The van der Waals surface area contributed by atoms with Crippen molar-refractivity contribution in [3.63, 3.8) is 0 Å². The number of anilines is 2. The lowest BCUT2D eigenvalue weighted by molar-refractivity contribution is -0.0422. The number of hydrogen-bond acceptors (Lipinski definition) is 6. The number of aliphatic hydroxyl groups excluding tert-OH is 1. The largest absolute Gasteiger partial charge is 0.465 e. The number of nitrogens with zero attached hydrogens (tertiary/aromatic N) is 1. The summed E-state index contributed by atoms with van der Waals surface area (Å²) < 4.78 is 24.3. The maximum atomic E-state index is 14.2. The SMILES string of the molecule is COC(=O)c1cc(N2CC(C)OC(CO)C2)c(F)cc1N. The van der Waals surface area contributed by atoms with Crippen LogP contribution < -0.4 is 10.6 Å². The van der Waals surface area contributed by atoms with Gasteiger partial charge in [-0.25, -0.2) is 9.18 Å². The van der Waals surface area contributed by atoms with Crippen molar-refractivity contribution in [1.29, 1.82) is 0 Å². The highest BCUT2D eigenvalue weighted by Crippen LogP contribution is 2.28. The van der Waals surface area contributed by atoms with Gasteiger partial charge in [-0.15, -0.1) is 0 Å². The Labute approximate surface area is 122 Å². The number of morpholine rings is 1. The first-order chi connectivity index (χ1) is 9.96. The van der Waals surface area contributed by atoms with E-state index in [0.29, 0.717) is 13.1 Å². The molecule has 2 rings (SSSR count). The Kier molecular flexibility index (Phi) is 4.64. The molecule has 1 aliphatic heterocycles. The van der Waals surface area contributed by atoms with E-state index >= 15 is 0 Å². The van der Waals surface area contributed by atoms with Crippen LogP contribution in [0, 0.1) is 5.82 Å². The molecule has 0 radical (unpaired) electrons. The van der Waals surface area contributed by atoms with Crippen LogP contribution >= 0.6 is 0 Å². The highest BCUT2D eigenvalue weighted by molar-refractivity contribution is 5.96. The standard InChI is InChI=1S/C14H19FN2O4/c1-8-5-17(6-9(7-18)21-8)13-3-10(14(19)20-2)12(16)4-11(13)15/h3-4,8-9,18H,5-7,16H2,1-2H3. The maximum absolute atomic E-state index is 14.2. The second-order valence-corrected chi connectivity index (χ2v) is 5.04. The van der Waals surface area contributed by atoms with E-state index in [9.17, 15) is 14.3 Å². The Morgan fingerprint density at radius 3 is 2.90 bits per heavy atom. The minimum absolute atomic E-state index is 0.0307. The average molecular weight is 298 g/mol. The number of carbonyl (C=O) groups excluding carboxylic acids is 1. The Balaban J connectivity index is 2.36. The predicted octanol–water partition coefficient (Wildman–Crippen LogP) is 0.780. The highest BCUT2D eigenvalue weighted by atomic mass is 19.1.